The quantitative estimate of drug-likeness (QED) is 0.678. The summed E-state index contributed by atoms with van der Waals surface area (Å²) in [5.41, 5.74) is 3.92. The second-order valence-electron chi connectivity index (χ2n) is 7.05. The summed E-state index contributed by atoms with van der Waals surface area (Å²) < 4.78 is 6.04. The molecule has 0 aromatic carbocycles. The van der Waals surface area contributed by atoms with Gasteiger partial charge in [-0.2, -0.15) is 0 Å². The summed E-state index contributed by atoms with van der Waals surface area (Å²) in [4.78, 5) is 21.9. The van der Waals surface area contributed by atoms with Crippen molar-refractivity contribution in [2.24, 2.45) is 0 Å². The number of rotatable bonds is 5. The molecule has 0 spiro atoms. The number of ether oxygens (including phenoxy) is 1. The van der Waals surface area contributed by atoms with Gasteiger partial charge >= 0.3 is 0 Å². The predicted octanol–water partition coefficient (Wildman–Crippen LogP) is 2.57. The zero-order valence-corrected chi connectivity index (χ0v) is 16.2. The van der Waals surface area contributed by atoms with Crippen LogP contribution in [0.15, 0.2) is 55.2 Å². The van der Waals surface area contributed by atoms with Gasteiger partial charge in [-0.3, -0.25) is 4.90 Å². The largest absolute Gasteiger partial charge is 0.369 e. The Bertz CT molecular complexity index is 918. The zero-order valence-electron chi connectivity index (χ0n) is 16.2. The van der Waals surface area contributed by atoms with E-state index in [1.807, 2.05) is 44.6 Å². The van der Waals surface area contributed by atoms with Crippen LogP contribution in [0.1, 0.15) is 17.4 Å². The maximum atomic E-state index is 6.04. The lowest BCUT2D eigenvalue weighted by Crippen LogP contribution is -2.38. The number of pyridine rings is 2. The number of hydrogen-bond donors (Lipinski definition) is 0. The number of hydrogen-bond acceptors (Lipinski definition) is 7. The molecule has 0 amide bonds. The molecule has 3 aromatic heterocycles. The zero-order chi connectivity index (χ0) is 19.3. The molecular weight excluding hydrogens is 352 g/mol. The normalized spacial score (nSPS) is 17.4. The van der Waals surface area contributed by atoms with Crippen LogP contribution < -0.4 is 4.90 Å². The van der Waals surface area contributed by atoms with Gasteiger partial charge in [-0.1, -0.05) is 12.1 Å². The lowest BCUT2D eigenvalue weighted by atomic mass is 10.1. The molecule has 144 valence electrons. The van der Waals surface area contributed by atoms with E-state index in [-0.39, 0.29) is 6.10 Å². The molecule has 0 saturated carbocycles. The third kappa shape index (κ3) is 4.16. The molecule has 3 aromatic rings. The summed E-state index contributed by atoms with van der Waals surface area (Å²) in [7, 11) is 4.05. The first-order valence-electron chi connectivity index (χ1n) is 9.38. The number of anilines is 1. The van der Waals surface area contributed by atoms with Crippen molar-refractivity contribution in [2.45, 2.75) is 12.6 Å². The van der Waals surface area contributed by atoms with E-state index >= 15 is 0 Å². The van der Waals surface area contributed by atoms with E-state index in [4.69, 9.17) is 9.72 Å². The third-order valence-corrected chi connectivity index (χ3v) is 4.79. The van der Waals surface area contributed by atoms with Gasteiger partial charge in [-0.15, -0.1) is 0 Å². The standard InChI is InChI=1S/C21H24N6O/c1-26(2)21-16(5-4-8-24-21)13-27-9-10-28-20(14-27)19-7-3-6-18(25-19)17-11-22-15-23-12-17/h3-8,11-12,15,20H,9-10,13-14H2,1-2H3/t20-/m1/s1. The van der Waals surface area contributed by atoms with Crippen molar-refractivity contribution in [1.82, 2.24) is 24.8 Å². The van der Waals surface area contributed by atoms with Crippen LogP contribution in [-0.2, 0) is 11.3 Å². The average Bonchev–Trinajstić information content (AvgIpc) is 2.75. The Morgan fingerprint density at radius 2 is 2.00 bits per heavy atom. The van der Waals surface area contributed by atoms with Gasteiger partial charge in [-0.25, -0.2) is 19.9 Å². The summed E-state index contributed by atoms with van der Waals surface area (Å²) in [6.07, 6.45) is 6.86. The predicted molar refractivity (Wildman–Crippen MR) is 108 cm³/mol. The van der Waals surface area contributed by atoms with Crippen molar-refractivity contribution in [1.29, 1.82) is 0 Å². The molecule has 7 heteroatoms. The van der Waals surface area contributed by atoms with Crippen LogP contribution in [0.2, 0.25) is 0 Å². The highest BCUT2D eigenvalue weighted by molar-refractivity contribution is 5.56. The fourth-order valence-corrected chi connectivity index (χ4v) is 3.45. The lowest BCUT2D eigenvalue weighted by molar-refractivity contribution is -0.0349. The van der Waals surface area contributed by atoms with E-state index in [2.05, 4.69) is 30.8 Å². The molecule has 28 heavy (non-hydrogen) atoms. The summed E-state index contributed by atoms with van der Waals surface area (Å²) in [5, 5.41) is 0. The molecule has 0 N–H and O–H groups in total. The van der Waals surface area contributed by atoms with Crippen LogP contribution in [0.3, 0.4) is 0 Å². The first-order valence-corrected chi connectivity index (χ1v) is 9.38. The van der Waals surface area contributed by atoms with Gasteiger partial charge < -0.3 is 9.64 Å². The molecule has 4 rings (SSSR count). The topological polar surface area (TPSA) is 67.3 Å². The van der Waals surface area contributed by atoms with Gasteiger partial charge in [0.15, 0.2) is 0 Å². The Kier molecular flexibility index (Phi) is 5.55. The Labute approximate surface area is 165 Å². The van der Waals surface area contributed by atoms with Gasteiger partial charge in [0.2, 0.25) is 0 Å². The van der Waals surface area contributed by atoms with Crippen LogP contribution >= 0.6 is 0 Å². The highest BCUT2D eigenvalue weighted by atomic mass is 16.5. The van der Waals surface area contributed by atoms with Crippen molar-refractivity contribution in [3.05, 3.63) is 66.5 Å². The minimum Gasteiger partial charge on any atom is -0.369 e. The molecule has 0 bridgehead atoms. The molecule has 1 aliphatic rings. The number of morpholine rings is 1. The maximum Gasteiger partial charge on any atom is 0.132 e. The highest BCUT2D eigenvalue weighted by Crippen LogP contribution is 2.25. The fourth-order valence-electron chi connectivity index (χ4n) is 3.45. The maximum absolute atomic E-state index is 6.04. The SMILES string of the molecule is CN(C)c1ncccc1CN1CCO[C@@H](c2cccc(-c3cncnc3)n2)C1. The van der Waals surface area contributed by atoms with E-state index in [9.17, 15) is 0 Å². The Morgan fingerprint density at radius 1 is 1.14 bits per heavy atom. The van der Waals surface area contributed by atoms with Gasteiger partial charge in [0.25, 0.3) is 0 Å². The summed E-state index contributed by atoms with van der Waals surface area (Å²) in [5.74, 6) is 1.01. The number of nitrogens with zero attached hydrogens (tertiary/aromatic N) is 6. The Morgan fingerprint density at radius 3 is 2.82 bits per heavy atom. The smallest absolute Gasteiger partial charge is 0.132 e. The first kappa shape index (κ1) is 18.5. The highest BCUT2D eigenvalue weighted by Gasteiger charge is 2.24. The molecule has 0 radical (unpaired) electrons. The molecule has 1 atom stereocenters. The molecule has 1 fully saturated rings. The van der Waals surface area contributed by atoms with E-state index in [0.717, 1.165) is 42.4 Å². The first-order chi connectivity index (χ1) is 13.7. The monoisotopic (exact) mass is 376 g/mol. The molecule has 4 heterocycles. The molecular formula is C21H24N6O. The molecule has 1 saturated heterocycles. The van der Waals surface area contributed by atoms with Crippen LogP contribution in [0, 0.1) is 0 Å². The second kappa shape index (κ2) is 8.41. The lowest BCUT2D eigenvalue weighted by Gasteiger charge is -2.33. The van der Waals surface area contributed by atoms with Crippen LogP contribution in [0.4, 0.5) is 5.82 Å². The van der Waals surface area contributed by atoms with E-state index in [0.29, 0.717) is 6.61 Å². The van der Waals surface area contributed by atoms with Crippen molar-refractivity contribution in [3.8, 4) is 11.3 Å². The number of aromatic nitrogens is 4. The van der Waals surface area contributed by atoms with Gasteiger partial charge in [0.1, 0.15) is 18.2 Å². The molecule has 0 unspecified atom stereocenters. The Balaban J connectivity index is 1.50. The van der Waals surface area contributed by atoms with Crippen molar-refractivity contribution in [2.75, 3.05) is 38.7 Å². The van der Waals surface area contributed by atoms with E-state index in [1.165, 1.54) is 11.9 Å². The van der Waals surface area contributed by atoms with E-state index < -0.39 is 0 Å². The van der Waals surface area contributed by atoms with E-state index in [1.54, 1.807) is 12.4 Å². The fraction of sp³-hybridized carbons (Fsp3) is 0.333. The minimum absolute atomic E-state index is 0.0576. The van der Waals surface area contributed by atoms with Gasteiger partial charge in [-0.05, 0) is 18.2 Å². The molecule has 1 aliphatic heterocycles. The van der Waals surface area contributed by atoms with Crippen LogP contribution in [-0.4, -0.2) is 58.6 Å². The van der Waals surface area contributed by atoms with Gasteiger partial charge in [0.05, 0.1) is 18.0 Å². The minimum atomic E-state index is -0.0576. The molecule has 0 aliphatic carbocycles. The average molecular weight is 376 g/mol. The summed E-state index contributed by atoms with van der Waals surface area (Å²) in [6, 6.07) is 10.1. The van der Waals surface area contributed by atoms with Crippen LogP contribution in [0.25, 0.3) is 11.3 Å². The summed E-state index contributed by atoms with van der Waals surface area (Å²) in [6.45, 7) is 3.21. The third-order valence-electron chi connectivity index (χ3n) is 4.79. The van der Waals surface area contributed by atoms with Crippen molar-refractivity contribution >= 4 is 5.82 Å². The van der Waals surface area contributed by atoms with Crippen LogP contribution in [0.5, 0.6) is 0 Å². The summed E-state index contributed by atoms with van der Waals surface area (Å²) >= 11 is 0. The van der Waals surface area contributed by atoms with Crippen molar-refractivity contribution < 1.29 is 4.74 Å². The second-order valence-corrected chi connectivity index (χ2v) is 7.05. The Hall–Kier alpha value is -2.90. The molecule has 7 nitrogen and oxygen atoms in total. The van der Waals surface area contributed by atoms with Gasteiger partial charge in [0, 0.05) is 63.4 Å². The van der Waals surface area contributed by atoms with Crippen molar-refractivity contribution in [3.63, 3.8) is 0 Å².